The van der Waals surface area contributed by atoms with Crippen molar-refractivity contribution >= 4 is 17.4 Å². The lowest BCUT2D eigenvalue weighted by Crippen LogP contribution is -2.38. The molecule has 0 saturated carbocycles. The molecule has 2 heterocycles. The molecule has 2 aliphatic rings. The van der Waals surface area contributed by atoms with E-state index in [0.29, 0.717) is 61.3 Å². The van der Waals surface area contributed by atoms with Gasteiger partial charge in [0.15, 0.2) is 0 Å². The van der Waals surface area contributed by atoms with Gasteiger partial charge >= 0.3 is 0 Å². The van der Waals surface area contributed by atoms with E-state index >= 15 is 0 Å². The number of aliphatic hydroxyl groups is 1. The molecule has 2 saturated heterocycles. The molecule has 0 radical (unpaired) electrons. The van der Waals surface area contributed by atoms with Crippen LogP contribution >= 0.6 is 0 Å². The molecule has 5 rings (SSSR count). The van der Waals surface area contributed by atoms with Crippen LogP contribution in [0.25, 0.3) is 5.76 Å². The van der Waals surface area contributed by atoms with E-state index in [9.17, 15) is 14.7 Å². The number of carbonyl (C=O) groups excluding carboxylic acids is 2. The second kappa shape index (κ2) is 13.9. The van der Waals surface area contributed by atoms with E-state index in [0.717, 1.165) is 30.9 Å². The molecule has 0 unspecified atom stereocenters. The molecule has 1 atom stereocenters. The minimum atomic E-state index is -0.763. The van der Waals surface area contributed by atoms with Gasteiger partial charge < -0.3 is 24.2 Å². The molecule has 1 amide bonds. The summed E-state index contributed by atoms with van der Waals surface area (Å²) in [4.78, 5) is 31.0. The highest BCUT2D eigenvalue weighted by atomic mass is 16.5. The van der Waals surface area contributed by atoms with Gasteiger partial charge in [0.2, 0.25) is 0 Å². The first-order valence-corrected chi connectivity index (χ1v) is 15.0. The van der Waals surface area contributed by atoms with Crippen LogP contribution in [-0.2, 0) is 14.3 Å². The van der Waals surface area contributed by atoms with Crippen molar-refractivity contribution in [3.63, 3.8) is 0 Å². The Morgan fingerprint density at radius 3 is 2.42 bits per heavy atom. The first-order chi connectivity index (χ1) is 20.8. The second-order valence-corrected chi connectivity index (χ2v) is 11.5. The predicted molar refractivity (Wildman–Crippen MR) is 165 cm³/mol. The summed E-state index contributed by atoms with van der Waals surface area (Å²) in [5, 5.41) is 11.6. The van der Waals surface area contributed by atoms with Gasteiger partial charge in [0.1, 0.15) is 23.0 Å². The number of hydrogen-bond acceptors (Lipinski definition) is 7. The fourth-order valence-corrected chi connectivity index (χ4v) is 5.49. The number of amides is 1. The van der Waals surface area contributed by atoms with Crippen molar-refractivity contribution < 1.29 is 28.9 Å². The number of hydrogen-bond donors (Lipinski definition) is 1. The molecule has 3 aromatic carbocycles. The Labute approximate surface area is 253 Å². The lowest BCUT2D eigenvalue weighted by Gasteiger charge is -2.29. The molecule has 3 aromatic rings. The largest absolute Gasteiger partial charge is 0.507 e. The summed E-state index contributed by atoms with van der Waals surface area (Å²) in [7, 11) is 0. The van der Waals surface area contributed by atoms with Crippen LogP contribution in [0.2, 0.25) is 0 Å². The fourth-order valence-electron chi connectivity index (χ4n) is 5.49. The van der Waals surface area contributed by atoms with Gasteiger partial charge in [-0.3, -0.25) is 14.5 Å². The fraction of sp³-hybridized carbons (Fsp3) is 0.371. The smallest absolute Gasteiger partial charge is 0.295 e. The van der Waals surface area contributed by atoms with Crippen LogP contribution in [0.3, 0.4) is 0 Å². The molecule has 8 nitrogen and oxygen atoms in total. The average molecular weight is 585 g/mol. The predicted octanol–water partition coefficient (Wildman–Crippen LogP) is 5.97. The monoisotopic (exact) mass is 584 g/mol. The van der Waals surface area contributed by atoms with Gasteiger partial charge in [0.25, 0.3) is 11.7 Å². The molecule has 2 fully saturated rings. The number of likely N-dealkylation sites (tertiary alicyclic amines) is 1. The first kappa shape index (κ1) is 30.3. The number of carbonyl (C=O) groups is 2. The SMILES string of the molecule is Cc1cc(/C(O)=C2\C(=O)C(=O)N(CCCN3CCOCC3)[C@H]2c2cccc(Oc3ccccc3)c2)ccc1OCC(C)C. The molecular formula is C35H40N2O6. The van der Waals surface area contributed by atoms with Crippen molar-refractivity contribution in [3.8, 4) is 17.2 Å². The quantitative estimate of drug-likeness (QED) is 0.169. The Bertz CT molecular complexity index is 1460. The van der Waals surface area contributed by atoms with Crippen LogP contribution in [0.4, 0.5) is 0 Å². The number of morpholine rings is 1. The van der Waals surface area contributed by atoms with Crippen molar-refractivity contribution in [2.75, 3.05) is 46.0 Å². The van der Waals surface area contributed by atoms with Gasteiger partial charge in [-0.15, -0.1) is 0 Å². The van der Waals surface area contributed by atoms with E-state index in [1.807, 2.05) is 61.5 Å². The first-order valence-electron chi connectivity index (χ1n) is 15.0. The summed E-state index contributed by atoms with van der Waals surface area (Å²) in [6.45, 7) is 10.9. The number of ketones is 1. The normalized spacial score (nSPS) is 18.8. The highest BCUT2D eigenvalue weighted by Gasteiger charge is 2.46. The third-order valence-corrected chi connectivity index (χ3v) is 7.69. The number of nitrogens with zero attached hydrogens (tertiary/aromatic N) is 2. The van der Waals surface area contributed by atoms with E-state index in [-0.39, 0.29) is 11.3 Å². The summed E-state index contributed by atoms with van der Waals surface area (Å²) in [5.41, 5.74) is 2.05. The summed E-state index contributed by atoms with van der Waals surface area (Å²) in [6, 6.07) is 21.4. The van der Waals surface area contributed by atoms with Crippen molar-refractivity contribution in [1.29, 1.82) is 0 Å². The van der Waals surface area contributed by atoms with E-state index in [1.54, 1.807) is 23.1 Å². The molecule has 0 aliphatic carbocycles. The molecular weight excluding hydrogens is 544 g/mol. The van der Waals surface area contributed by atoms with Crippen molar-refractivity contribution in [2.45, 2.75) is 33.2 Å². The van der Waals surface area contributed by atoms with Crippen molar-refractivity contribution in [2.24, 2.45) is 5.92 Å². The highest BCUT2D eigenvalue weighted by molar-refractivity contribution is 6.46. The molecule has 226 valence electrons. The highest BCUT2D eigenvalue weighted by Crippen LogP contribution is 2.41. The Balaban J connectivity index is 1.49. The Kier molecular flexibility index (Phi) is 9.79. The molecule has 0 spiro atoms. The van der Waals surface area contributed by atoms with Crippen LogP contribution in [0.1, 0.15) is 43.0 Å². The van der Waals surface area contributed by atoms with Gasteiger partial charge in [0.05, 0.1) is 31.4 Å². The summed E-state index contributed by atoms with van der Waals surface area (Å²) in [6.07, 6.45) is 0.685. The average Bonchev–Trinajstić information content (AvgIpc) is 3.26. The van der Waals surface area contributed by atoms with E-state index in [4.69, 9.17) is 14.2 Å². The Morgan fingerprint density at radius 1 is 0.953 bits per heavy atom. The van der Waals surface area contributed by atoms with Crippen LogP contribution in [0.5, 0.6) is 17.2 Å². The third-order valence-electron chi connectivity index (χ3n) is 7.69. The second-order valence-electron chi connectivity index (χ2n) is 11.5. The molecule has 43 heavy (non-hydrogen) atoms. The minimum absolute atomic E-state index is 0.0727. The van der Waals surface area contributed by atoms with Gasteiger partial charge in [-0.05, 0) is 72.9 Å². The van der Waals surface area contributed by atoms with Crippen LogP contribution in [-0.4, -0.2) is 72.6 Å². The zero-order valence-corrected chi connectivity index (χ0v) is 25.1. The number of benzene rings is 3. The lowest BCUT2D eigenvalue weighted by molar-refractivity contribution is -0.140. The van der Waals surface area contributed by atoms with E-state index < -0.39 is 17.7 Å². The third kappa shape index (κ3) is 7.27. The minimum Gasteiger partial charge on any atom is -0.507 e. The summed E-state index contributed by atoms with van der Waals surface area (Å²) < 4.78 is 17.4. The standard InChI is InChI=1S/C35H40N2O6/c1-24(2)23-42-30-14-13-27(21-25(30)3)33(38)31-32(26-9-7-12-29(22-26)43-28-10-5-4-6-11-28)37(35(40)34(31)39)16-8-15-36-17-19-41-20-18-36/h4-7,9-14,21-22,24,32,38H,8,15-20,23H2,1-3H3/b33-31+/t32-/m0/s1. The zero-order chi connectivity index (χ0) is 30.3. The molecule has 1 N–H and O–H groups in total. The van der Waals surface area contributed by atoms with Crippen LogP contribution in [0.15, 0.2) is 78.4 Å². The van der Waals surface area contributed by atoms with Gasteiger partial charge in [-0.25, -0.2) is 0 Å². The molecule has 0 aromatic heterocycles. The van der Waals surface area contributed by atoms with E-state index in [2.05, 4.69) is 18.7 Å². The van der Waals surface area contributed by atoms with Gasteiger partial charge in [-0.1, -0.05) is 44.2 Å². The zero-order valence-electron chi connectivity index (χ0n) is 25.1. The number of rotatable bonds is 11. The maximum atomic E-state index is 13.6. The number of Topliss-reactive ketones (excluding diaryl/α,β-unsaturated/α-hetero) is 1. The summed E-state index contributed by atoms with van der Waals surface area (Å²) >= 11 is 0. The maximum Gasteiger partial charge on any atom is 0.295 e. The molecule has 2 aliphatic heterocycles. The molecule has 8 heteroatoms. The van der Waals surface area contributed by atoms with Crippen LogP contribution < -0.4 is 9.47 Å². The number of ether oxygens (including phenoxy) is 3. The summed E-state index contributed by atoms with van der Waals surface area (Å²) in [5.74, 6) is 0.827. The number of aryl methyl sites for hydroxylation is 1. The maximum absolute atomic E-state index is 13.6. The molecule has 0 bridgehead atoms. The lowest BCUT2D eigenvalue weighted by atomic mass is 9.94. The van der Waals surface area contributed by atoms with Crippen molar-refractivity contribution in [1.82, 2.24) is 9.80 Å². The number of aliphatic hydroxyl groups excluding tert-OH is 1. The van der Waals surface area contributed by atoms with Gasteiger partial charge in [-0.2, -0.15) is 0 Å². The Morgan fingerprint density at radius 2 is 1.70 bits per heavy atom. The van der Waals surface area contributed by atoms with E-state index in [1.165, 1.54) is 0 Å². The Hall–Kier alpha value is -4.14. The van der Waals surface area contributed by atoms with Crippen molar-refractivity contribution in [3.05, 3.63) is 95.1 Å². The topological polar surface area (TPSA) is 88.5 Å². The van der Waals surface area contributed by atoms with Gasteiger partial charge in [0, 0.05) is 31.7 Å². The number of para-hydroxylation sites is 1. The van der Waals surface area contributed by atoms with Crippen LogP contribution in [0, 0.1) is 12.8 Å².